The fraction of sp³-hybridized carbons (Fsp3) is 0.250. The predicted octanol–water partition coefficient (Wildman–Crippen LogP) is 2.55. The summed E-state index contributed by atoms with van der Waals surface area (Å²) in [6.07, 6.45) is 0.959. The van der Waals surface area contributed by atoms with Crippen molar-refractivity contribution in [2.75, 3.05) is 16.8 Å². The molecule has 0 radical (unpaired) electrons. The fourth-order valence-corrected chi connectivity index (χ4v) is 3.11. The monoisotopic (exact) mass is 367 g/mol. The van der Waals surface area contributed by atoms with E-state index in [0.717, 1.165) is 11.1 Å². The molecule has 0 bridgehead atoms. The van der Waals surface area contributed by atoms with Gasteiger partial charge in [0.1, 0.15) is 12.6 Å². The highest BCUT2D eigenvalue weighted by Crippen LogP contribution is 2.27. The van der Waals surface area contributed by atoms with Crippen molar-refractivity contribution in [2.45, 2.75) is 25.8 Å². The number of para-hydroxylation sites is 1. The van der Waals surface area contributed by atoms with Crippen molar-refractivity contribution in [1.29, 1.82) is 0 Å². The van der Waals surface area contributed by atoms with Crippen molar-refractivity contribution in [2.24, 2.45) is 0 Å². The molecule has 3 rings (SSSR count). The quantitative estimate of drug-likeness (QED) is 0.773. The molecule has 0 aliphatic carbocycles. The largest absolute Gasteiger partial charge is 0.480 e. The molecule has 7 nitrogen and oxygen atoms in total. The molecular weight excluding hydrogens is 346 g/mol. The lowest BCUT2D eigenvalue weighted by Crippen LogP contribution is -2.50. The van der Waals surface area contributed by atoms with Crippen LogP contribution in [-0.4, -0.2) is 35.6 Å². The van der Waals surface area contributed by atoms with Crippen LogP contribution in [-0.2, 0) is 16.0 Å². The standard InChI is InChI=1S/C20H21N3O4/c1-13-6-9-15(10-7-13)21-20(27)22-16-11-8-14-4-2-3-5-17(14)23(19(16)26)12-18(24)25/h2-7,9-10,16H,8,11-12H2,1H3,(H,24,25)(H2,21,22,27). The minimum absolute atomic E-state index is 0.396. The Morgan fingerprint density at radius 2 is 1.85 bits per heavy atom. The first-order valence-corrected chi connectivity index (χ1v) is 8.69. The average molecular weight is 367 g/mol. The highest BCUT2D eigenvalue weighted by molar-refractivity contribution is 6.04. The van der Waals surface area contributed by atoms with Crippen LogP contribution in [0.4, 0.5) is 16.2 Å². The van der Waals surface area contributed by atoms with Gasteiger partial charge in [0.25, 0.3) is 0 Å². The minimum atomic E-state index is -1.11. The minimum Gasteiger partial charge on any atom is -0.480 e. The molecule has 1 unspecified atom stereocenters. The summed E-state index contributed by atoms with van der Waals surface area (Å²) in [5.74, 6) is -1.54. The van der Waals surface area contributed by atoms with Crippen molar-refractivity contribution in [3.63, 3.8) is 0 Å². The van der Waals surface area contributed by atoms with Gasteiger partial charge in [-0.15, -0.1) is 0 Å². The van der Waals surface area contributed by atoms with E-state index in [1.165, 1.54) is 4.90 Å². The molecule has 0 fully saturated rings. The number of aryl methyl sites for hydroxylation is 2. The number of benzene rings is 2. The molecule has 0 saturated carbocycles. The van der Waals surface area contributed by atoms with E-state index < -0.39 is 30.5 Å². The number of carbonyl (C=O) groups is 3. The smallest absolute Gasteiger partial charge is 0.323 e. The van der Waals surface area contributed by atoms with Gasteiger partial charge < -0.3 is 15.7 Å². The number of carbonyl (C=O) groups excluding carboxylic acids is 2. The Morgan fingerprint density at radius 1 is 1.15 bits per heavy atom. The molecule has 140 valence electrons. The SMILES string of the molecule is Cc1ccc(NC(=O)NC2CCc3ccccc3N(CC(=O)O)C2=O)cc1. The molecule has 1 heterocycles. The predicted molar refractivity (Wildman–Crippen MR) is 102 cm³/mol. The number of urea groups is 1. The van der Waals surface area contributed by atoms with Gasteiger partial charge in [0.2, 0.25) is 5.91 Å². The summed E-state index contributed by atoms with van der Waals surface area (Å²) >= 11 is 0. The van der Waals surface area contributed by atoms with Crippen LogP contribution in [0.3, 0.4) is 0 Å². The fourth-order valence-electron chi connectivity index (χ4n) is 3.11. The molecule has 1 atom stereocenters. The van der Waals surface area contributed by atoms with Crippen molar-refractivity contribution >= 4 is 29.3 Å². The second-order valence-electron chi connectivity index (χ2n) is 6.50. The number of fused-ring (bicyclic) bond motifs is 1. The number of hydrogen-bond acceptors (Lipinski definition) is 3. The van der Waals surface area contributed by atoms with Crippen molar-refractivity contribution in [3.05, 3.63) is 59.7 Å². The lowest BCUT2D eigenvalue weighted by molar-refractivity contribution is -0.136. The van der Waals surface area contributed by atoms with E-state index in [0.29, 0.717) is 24.2 Å². The van der Waals surface area contributed by atoms with Crippen LogP contribution in [0.2, 0.25) is 0 Å². The zero-order valence-electron chi connectivity index (χ0n) is 14.9. The van der Waals surface area contributed by atoms with E-state index in [2.05, 4.69) is 10.6 Å². The van der Waals surface area contributed by atoms with Gasteiger partial charge in [0.15, 0.2) is 0 Å². The molecule has 7 heteroatoms. The maximum atomic E-state index is 12.9. The lowest BCUT2D eigenvalue weighted by atomic mass is 10.1. The molecule has 0 spiro atoms. The highest BCUT2D eigenvalue weighted by atomic mass is 16.4. The van der Waals surface area contributed by atoms with E-state index in [1.54, 1.807) is 24.3 Å². The van der Waals surface area contributed by atoms with Gasteiger partial charge in [-0.25, -0.2) is 4.79 Å². The van der Waals surface area contributed by atoms with E-state index in [-0.39, 0.29) is 0 Å². The van der Waals surface area contributed by atoms with Crippen LogP contribution in [0.15, 0.2) is 48.5 Å². The number of carboxylic acid groups (broad SMARTS) is 1. The molecule has 27 heavy (non-hydrogen) atoms. The summed E-state index contributed by atoms with van der Waals surface area (Å²) < 4.78 is 0. The molecule has 2 aromatic carbocycles. The first-order valence-electron chi connectivity index (χ1n) is 8.69. The van der Waals surface area contributed by atoms with Gasteiger partial charge in [-0.05, 0) is 43.5 Å². The van der Waals surface area contributed by atoms with E-state index in [4.69, 9.17) is 0 Å². The molecule has 0 saturated heterocycles. The number of amides is 3. The number of rotatable bonds is 4. The number of nitrogens with zero attached hydrogens (tertiary/aromatic N) is 1. The van der Waals surface area contributed by atoms with Crippen LogP contribution < -0.4 is 15.5 Å². The van der Waals surface area contributed by atoms with Gasteiger partial charge in [-0.1, -0.05) is 35.9 Å². The Morgan fingerprint density at radius 3 is 2.56 bits per heavy atom. The number of aliphatic carboxylic acids is 1. The Kier molecular flexibility index (Phi) is 5.40. The Labute approximate surface area is 157 Å². The van der Waals surface area contributed by atoms with Crippen LogP contribution in [0.5, 0.6) is 0 Å². The summed E-state index contributed by atoms with van der Waals surface area (Å²) in [4.78, 5) is 37.7. The Balaban J connectivity index is 1.76. The van der Waals surface area contributed by atoms with E-state index in [9.17, 15) is 19.5 Å². The van der Waals surface area contributed by atoms with Gasteiger partial charge in [0, 0.05) is 11.4 Å². The summed E-state index contributed by atoms with van der Waals surface area (Å²) in [5, 5.41) is 14.6. The highest BCUT2D eigenvalue weighted by Gasteiger charge is 2.32. The summed E-state index contributed by atoms with van der Waals surface area (Å²) in [6, 6.07) is 13.2. The molecule has 1 aliphatic rings. The van der Waals surface area contributed by atoms with Gasteiger partial charge in [0.05, 0.1) is 0 Å². The third kappa shape index (κ3) is 4.44. The van der Waals surface area contributed by atoms with Gasteiger partial charge >= 0.3 is 12.0 Å². The molecule has 3 amide bonds. The first-order chi connectivity index (χ1) is 12.9. The molecule has 3 N–H and O–H groups in total. The van der Waals surface area contributed by atoms with Crippen LogP contribution >= 0.6 is 0 Å². The Hall–Kier alpha value is -3.35. The molecule has 2 aromatic rings. The average Bonchev–Trinajstić information content (AvgIpc) is 2.76. The Bertz CT molecular complexity index is 864. The zero-order valence-corrected chi connectivity index (χ0v) is 14.9. The van der Waals surface area contributed by atoms with Crippen LogP contribution in [0, 0.1) is 6.92 Å². The summed E-state index contributed by atoms with van der Waals surface area (Å²) in [7, 11) is 0. The second kappa shape index (κ2) is 7.90. The number of anilines is 2. The normalized spacial score (nSPS) is 16.3. The topological polar surface area (TPSA) is 98.7 Å². The molecular formula is C20H21N3O4. The van der Waals surface area contributed by atoms with Crippen LogP contribution in [0.25, 0.3) is 0 Å². The van der Waals surface area contributed by atoms with E-state index in [1.807, 2.05) is 31.2 Å². The first kappa shape index (κ1) is 18.4. The lowest BCUT2D eigenvalue weighted by Gasteiger charge is -2.24. The summed E-state index contributed by atoms with van der Waals surface area (Å²) in [6.45, 7) is 1.50. The summed E-state index contributed by atoms with van der Waals surface area (Å²) in [5.41, 5.74) is 3.15. The van der Waals surface area contributed by atoms with Gasteiger partial charge in [-0.2, -0.15) is 0 Å². The molecule has 0 aromatic heterocycles. The third-order valence-corrected chi connectivity index (χ3v) is 4.46. The molecule has 1 aliphatic heterocycles. The van der Waals surface area contributed by atoms with Crippen molar-refractivity contribution < 1.29 is 19.5 Å². The maximum Gasteiger partial charge on any atom is 0.323 e. The van der Waals surface area contributed by atoms with Crippen molar-refractivity contribution in [3.8, 4) is 0 Å². The zero-order chi connectivity index (χ0) is 19.4. The number of hydrogen-bond donors (Lipinski definition) is 3. The number of nitrogens with one attached hydrogen (secondary N) is 2. The van der Waals surface area contributed by atoms with Gasteiger partial charge in [-0.3, -0.25) is 14.5 Å². The van der Waals surface area contributed by atoms with Crippen molar-refractivity contribution in [1.82, 2.24) is 5.32 Å². The second-order valence-corrected chi connectivity index (χ2v) is 6.50. The third-order valence-electron chi connectivity index (χ3n) is 4.46. The van der Waals surface area contributed by atoms with E-state index >= 15 is 0 Å². The number of carboxylic acids is 1. The van der Waals surface area contributed by atoms with Crippen LogP contribution in [0.1, 0.15) is 17.5 Å². The maximum absolute atomic E-state index is 12.9.